The van der Waals surface area contributed by atoms with Crippen LogP contribution in [0.25, 0.3) is 0 Å². The van der Waals surface area contributed by atoms with E-state index in [1.165, 1.54) is 18.7 Å². The fourth-order valence-corrected chi connectivity index (χ4v) is 3.25. The number of amides is 2. The molecule has 0 aliphatic rings. The van der Waals surface area contributed by atoms with Crippen molar-refractivity contribution in [3.63, 3.8) is 0 Å². The van der Waals surface area contributed by atoms with Crippen molar-refractivity contribution in [1.29, 1.82) is 0 Å². The minimum atomic E-state index is -0.907. The van der Waals surface area contributed by atoms with Gasteiger partial charge in [0.05, 0.1) is 11.7 Å². The molecule has 0 aliphatic heterocycles. The largest absolute Gasteiger partial charge is 0.481 e. The Hall–Kier alpha value is -2.02. The van der Waals surface area contributed by atoms with Gasteiger partial charge in [-0.2, -0.15) is 0 Å². The first-order chi connectivity index (χ1) is 11.7. The van der Waals surface area contributed by atoms with E-state index in [9.17, 15) is 14.4 Å². The van der Waals surface area contributed by atoms with Crippen molar-refractivity contribution >= 4 is 35.2 Å². The van der Waals surface area contributed by atoms with Crippen LogP contribution in [0.4, 0.5) is 5.69 Å². The smallest absolute Gasteiger partial charge is 0.305 e. The summed E-state index contributed by atoms with van der Waals surface area (Å²) in [4.78, 5) is 37.0. The average molecular weight is 366 g/mol. The lowest BCUT2D eigenvalue weighted by Gasteiger charge is -2.26. The van der Waals surface area contributed by atoms with E-state index in [4.69, 9.17) is 5.11 Å². The lowest BCUT2D eigenvalue weighted by atomic mass is 10.2. The van der Waals surface area contributed by atoms with Crippen LogP contribution in [0.15, 0.2) is 29.2 Å². The second kappa shape index (κ2) is 10.1. The lowest BCUT2D eigenvalue weighted by molar-refractivity contribution is -0.138. The number of hydrogen-bond donors (Lipinski definition) is 2. The van der Waals surface area contributed by atoms with Gasteiger partial charge in [-0.15, -0.1) is 11.8 Å². The first kappa shape index (κ1) is 21.0. The predicted octanol–water partition coefficient (Wildman–Crippen LogP) is 3.08. The Morgan fingerprint density at radius 2 is 1.76 bits per heavy atom. The highest BCUT2D eigenvalue weighted by molar-refractivity contribution is 8.00. The van der Waals surface area contributed by atoms with Crippen LogP contribution in [0.5, 0.6) is 0 Å². The zero-order valence-corrected chi connectivity index (χ0v) is 15.9. The number of carboxylic acid groups (broad SMARTS) is 1. The zero-order chi connectivity index (χ0) is 19.0. The molecule has 25 heavy (non-hydrogen) atoms. The molecule has 0 bridgehead atoms. The molecule has 138 valence electrons. The Morgan fingerprint density at radius 3 is 2.24 bits per heavy atom. The maximum Gasteiger partial charge on any atom is 0.305 e. The molecule has 0 saturated heterocycles. The van der Waals surface area contributed by atoms with Crippen molar-refractivity contribution in [1.82, 2.24) is 4.90 Å². The third-order valence-electron chi connectivity index (χ3n) is 3.33. The van der Waals surface area contributed by atoms with Crippen LogP contribution in [-0.4, -0.2) is 46.1 Å². The van der Waals surface area contributed by atoms with Crippen LogP contribution >= 0.6 is 11.8 Å². The molecule has 0 saturated carbocycles. The summed E-state index contributed by atoms with van der Waals surface area (Å²) in [5.74, 6) is -0.833. The van der Waals surface area contributed by atoms with E-state index in [0.29, 0.717) is 12.2 Å². The third-order valence-corrected chi connectivity index (χ3v) is 4.43. The van der Waals surface area contributed by atoms with Gasteiger partial charge >= 0.3 is 5.97 Å². The minimum absolute atomic E-state index is 0.0543. The number of anilines is 1. The molecule has 0 radical (unpaired) electrons. The number of nitrogens with zero attached hydrogens (tertiary/aromatic N) is 1. The fraction of sp³-hybridized carbons (Fsp3) is 0.500. The van der Waals surface area contributed by atoms with Crippen LogP contribution in [0.1, 0.15) is 34.1 Å². The molecule has 7 heteroatoms. The quantitative estimate of drug-likeness (QED) is 0.656. The summed E-state index contributed by atoms with van der Waals surface area (Å²) >= 11 is 1.42. The van der Waals surface area contributed by atoms with Gasteiger partial charge in [-0.05, 0) is 37.1 Å². The molecule has 2 N–H and O–H groups in total. The molecule has 0 heterocycles. The van der Waals surface area contributed by atoms with Crippen molar-refractivity contribution in [3.8, 4) is 0 Å². The van der Waals surface area contributed by atoms with E-state index in [1.807, 2.05) is 32.9 Å². The lowest BCUT2D eigenvalue weighted by Crippen LogP contribution is -2.40. The molecule has 1 rings (SSSR count). The summed E-state index contributed by atoms with van der Waals surface area (Å²) in [6.45, 7) is 8.03. The molecule has 0 spiro atoms. The van der Waals surface area contributed by atoms with Crippen molar-refractivity contribution in [2.24, 2.45) is 5.92 Å². The fourth-order valence-electron chi connectivity index (χ4n) is 2.29. The summed E-state index contributed by atoms with van der Waals surface area (Å²) in [6.07, 6.45) is -0.0543. The van der Waals surface area contributed by atoms with E-state index in [1.54, 1.807) is 17.0 Å². The van der Waals surface area contributed by atoms with Gasteiger partial charge in [0.2, 0.25) is 11.8 Å². The summed E-state index contributed by atoms with van der Waals surface area (Å²) in [5, 5.41) is 11.2. The highest BCUT2D eigenvalue weighted by atomic mass is 32.2. The van der Waals surface area contributed by atoms with E-state index in [0.717, 1.165) is 4.90 Å². The molecular formula is C18H26N2O4S. The SMILES string of the molecule is CC(=O)Nc1ccc(SC(C)C(=O)N(CCC(=O)O)CC(C)C)cc1. The first-order valence-corrected chi connectivity index (χ1v) is 9.12. The van der Waals surface area contributed by atoms with Gasteiger partial charge in [-0.25, -0.2) is 0 Å². The molecule has 6 nitrogen and oxygen atoms in total. The maximum absolute atomic E-state index is 12.7. The molecule has 1 aromatic rings. The summed E-state index contributed by atoms with van der Waals surface area (Å²) in [5.41, 5.74) is 0.707. The van der Waals surface area contributed by atoms with Gasteiger partial charge in [0.1, 0.15) is 0 Å². The van der Waals surface area contributed by atoms with Gasteiger partial charge in [-0.3, -0.25) is 14.4 Å². The van der Waals surface area contributed by atoms with E-state index >= 15 is 0 Å². The average Bonchev–Trinajstić information content (AvgIpc) is 2.51. The van der Waals surface area contributed by atoms with Gasteiger partial charge in [0, 0.05) is 30.6 Å². The molecule has 1 unspecified atom stereocenters. The van der Waals surface area contributed by atoms with Crippen molar-refractivity contribution in [2.45, 2.75) is 44.3 Å². The van der Waals surface area contributed by atoms with E-state index < -0.39 is 5.97 Å². The number of hydrogen-bond acceptors (Lipinski definition) is 4. The number of rotatable bonds is 9. The minimum Gasteiger partial charge on any atom is -0.481 e. The topological polar surface area (TPSA) is 86.7 Å². The van der Waals surface area contributed by atoms with Crippen LogP contribution in [0, 0.1) is 5.92 Å². The molecule has 1 atom stereocenters. The standard InChI is InChI=1S/C18H26N2O4S/c1-12(2)11-20(10-9-17(22)23)18(24)13(3)25-16-7-5-15(6-8-16)19-14(4)21/h5-8,12-13H,9-11H2,1-4H3,(H,19,21)(H,22,23). The molecule has 0 fully saturated rings. The molecule has 2 amide bonds. The summed E-state index contributed by atoms with van der Waals surface area (Å²) in [6, 6.07) is 7.28. The number of aliphatic carboxylic acids is 1. The highest BCUT2D eigenvalue weighted by Gasteiger charge is 2.22. The van der Waals surface area contributed by atoms with Gasteiger partial charge in [0.25, 0.3) is 0 Å². The first-order valence-electron chi connectivity index (χ1n) is 8.24. The summed E-state index contributed by atoms with van der Waals surface area (Å²) < 4.78 is 0. The van der Waals surface area contributed by atoms with Gasteiger partial charge < -0.3 is 15.3 Å². The van der Waals surface area contributed by atoms with Crippen molar-refractivity contribution in [2.75, 3.05) is 18.4 Å². The Labute approximate surface area is 153 Å². The van der Waals surface area contributed by atoms with Crippen molar-refractivity contribution in [3.05, 3.63) is 24.3 Å². The molecule has 0 aliphatic carbocycles. The van der Waals surface area contributed by atoms with E-state index in [-0.39, 0.29) is 35.9 Å². The molecule has 1 aromatic carbocycles. The second-order valence-corrected chi connectivity index (χ2v) is 7.70. The Bertz CT molecular complexity index is 602. The normalized spacial score (nSPS) is 11.9. The van der Waals surface area contributed by atoms with Crippen LogP contribution < -0.4 is 5.32 Å². The van der Waals surface area contributed by atoms with Crippen LogP contribution in [-0.2, 0) is 14.4 Å². The Balaban J connectivity index is 2.71. The predicted molar refractivity (Wildman–Crippen MR) is 99.7 cm³/mol. The van der Waals surface area contributed by atoms with E-state index in [2.05, 4.69) is 5.32 Å². The van der Waals surface area contributed by atoms with Crippen LogP contribution in [0.2, 0.25) is 0 Å². The molecular weight excluding hydrogens is 340 g/mol. The van der Waals surface area contributed by atoms with Gasteiger partial charge in [-0.1, -0.05) is 13.8 Å². The Morgan fingerprint density at radius 1 is 1.16 bits per heavy atom. The maximum atomic E-state index is 12.7. The number of carbonyl (C=O) groups is 3. The van der Waals surface area contributed by atoms with Gasteiger partial charge in [0.15, 0.2) is 0 Å². The molecule has 0 aromatic heterocycles. The zero-order valence-electron chi connectivity index (χ0n) is 15.1. The number of nitrogens with one attached hydrogen (secondary N) is 1. The highest BCUT2D eigenvalue weighted by Crippen LogP contribution is 2.26. The Kier molecular flexibility index (Phi) is 8.48. The summed E-state index contributed by atoms with van der Waals surface area (Å²) in [7, 11) is 0. The number of carbonyl (C=O) groups excluding carboxylic acids is 2. The number of carboxylic acids is 1. The monoisotopic (exact) mass is 366 g/mol. The second-order valence-electron chi connectivity index (χ2n) is 6.29. The number of benzene rings is 1. The third kappa shape index (κ3) is 8.07. The van der Waals surface area contributed by atoms with Crippen LogP contribution in [0.3, 0.4) is 0 Å². The number of thioether (sulfide) groups is 1. The van der Waals surface area contributed by atoms with Crippen molar-refractivity contribution < 1.29 is 19.5 Å².